The molecule has 3 aromatic rings. The SMILES string of the molecule is COc1cccc(Cc2nn(C[C@H]3CCCN3C)c(=O)c3ccccc23)c1. The fourth-order valence-corrected chi connectivity index (χ4v) is 3.94. The number of hydrogen-bond acceptors (Lipinski definition) is 4. The van der Waals surface area contributed by atoms with Gasteiger partial charge in [-0.1, -0.05) is 30.3 Å². The summed E-state index contributed by atoms with van der Waals surface area (Å²) in [5.41, 5.74) is 2.05. The Morgan fingerprint density at radius 3 is 2.70 bits per heavy atom. The van der Waals surface area contributed by atoms with E-state index in [2.05, 4.69) is 18.0 Å². The van der Waals surface area contributed by atoms with Gasteiger partial charge < -0.3 is 9.64 Å². The van der Waals surface area contributed by atoms with Gasteiger partial charge in [-0.15, -0.1) is 0 Å². The van der Waals surface area contributed by atoms with Gasteiger partial charge in [0.05, 0.1) is 24.7 Å². The second-order valence-corrected chi connectivity index (χ2v) is 7.28. The molecular weight excluding hydrogens is 338 g/mol. The first-order valence-electron chi connectivity index (χ1n) is 9.47. The molecule has 1 aromatic heterocycles. The number of nitrogens with zero attached hydrogens (tertiary/aromatic N) is 3. The van der Waals surface area contributed by atoms with Crippen LogP contribution in [0.2, 0.25) is 0 Å². The van der Waals surface area contributed by atoms with Gasteiger partial charge in [0.2, 0.25) is 0 Å². The maximum atomic E-state index is 13.0. The van der Waals surface area contributed by atoms with E-state index in [0.29, 0.717) is 19.0 Å². The minimum atomic E-state index is 0.000271. The number of benzene rings is 2. The average Bonchev–Trinajstić information content (AvgIpc) is 3.10. The van der Waals surface area contributed by atoms with Gasteiger partial charge in [-0.2, -0.15) is 5.10 Å². The highest BCUT2D eigenvalue weighted by Crippen LogP contribution is 2.21. The zero-order valence-corrected chi connectivity index (χ0v) is 15.9. The minimum absolute atomic E-state index is 0.000271. The normalized spacial score (nSPS) is 17.5. The first-order chi connectivity index (χ1) is 13.2. The number of fused-ring (bicyclic) bond motifs is 1. The molecule has 1 fully saturated rings. The zero-order valence-electron chi connectivity index (χ0n) is 15.9. The average molecular weight is 363 g/mol. The van der Waals surface area contributed by atoms with Gasteiger partial charge in [-0.3, -0.25) is 4.79 Å². The Hall–Kier alpha value is -2.66. The third-order valence-corrected chi connectivity index (χ3v) is 5.51. The lowest BCUT2D eigenvalue weighted by atomic mass is 10.0. The van der Waals surface area contributed by atoms with Gasteiger partial charge >= 0.3 is 0 Å². The number of ether oxygens (including phenoxy) is 1. The fourth-order valence-electron chi connectivity index (χ4n) is 3.94. The summed E-state index contributed by atoms with van der Waals surface area (Å²) in [6.45, 7) is 1.73. The molecule has 2 heterocycles. The molecule has 0 N–H and O–H groups in total. The molecule has 0 aliphatic carbocycles. The van der Waals surface area contributed by atoms with E-state index in [1.165, 1.54) is 6.42 Å². The second-order valence-electron chi connectivity index (χ2n) is 7.28. The molecule has 1 aliphatic rings. The van der Waals surface area contributed by atoms with Crippen LogP contribution in [0.5, 0.6) is 5.75 Å². The van der Waals surface area contributed by atoms with Crippen LogP contribution < -0.4 is 10.3 Å². The lowest BCUT2D eigenvalue weighted by Crippen LogP contribution is -2.35. The van der Waals surface area contributed by atoms with Crippen LogP contribution in [0.1, 0.15) is 24.1 Å². The van der Waals surface area contributed by atoms with Crippen LogP contribution in [0, 0.1) is 0 Å². The molecule has 1 atom stereocenters. The summed E-state index contributed by atoms with van der Waals surface area (Å²) in [5, 5.41) is 6.46. The third-order valence-electron chi connectivity index (χ3n) is 5.51. The van der Waals surface area contributed by atoms with Crippen LogP contribution in [-0.2, 0) is 13.0 Å². The Labute approximate surface area is 159 Å². The van der Waals surface area contributed by atoms with Crippen molar-refractivity contribution in [3.8, 4) is 5.75 Å². The van der Waals surface area contributed by atoms with Gasteiger partial charge in [-0.25, -0.2) is 4.68 Å². The summed E-state index contributed by atoms with van der Waals surface area (Å²) >= 11 is 0. The van der Waals surface area contributed by atoms with Crippen molar-refractivity contribution in [3.05, 3.63) is 70.1 Å². The molecule has 4 rings (SSSR count). The molecule has 0 bridgehead atoms. The van der Waals surface area contributed by atoms with Gasteiger partial charge in [0.1, 0.15) is 5.75 Å². The van der Waals surface area contributed by atoms with Gasteiger partial charge in [-0.05, 0) is 50.2 Å². The Morgan fingerprint density at radius 2 is 1.96 bits per heavy atom. The molecule has 5 heteroatoms. The van der Waals surface area contributed by atoms with E-state index in [9.17, 15) is 4.79 Å². The third kappa shape index (κ3) is 3.60. The van der Waals surface area contributed by atoms with E-state index >= 15 is 0 Å². The van der Waals surface area contributed by atoms with E-state index in [1.807, 2.05) is 42.5 Å². The van der Waals surface area contributed by atoms with Crippen molar-refractivity contribution in [3.63, 3.8) is 0 Å². The van der Waals surface area contributed by atoms with Crippen LogP contribution in [0.4, 0.5) is 0 Å². The van der Waals surface area contributed by atoms with Crippen molar-refractivity contribution in [2.75, 3.05) is 20.7 Å². The van der Waals surface area contributed by atoms with Crippen molar-refractivity contribution < 1.29 is 4.74 Å². The zero-order chi connectivity index (χ0) is 18.8. The molecule has 2 aromatic carbocycles. The van der Waals surface area contributed by atoms with Crippen LogP contribution in [0.15, 0.2) is 53.3 Å². The smallest absolute Gasteiger partial charge is 0.274 e. The molecule has 1 aliphatic heterocycles. The van der Waals surface area contributed by atoms with Crippen molar-refractivity contribution in [1.29, 1.82) is 0 Å². The summed E-state index contributed by atoms with van der Waals surface area (Å²) in [5.74, 6) is 0.831. The number of hydrogen-bond donors (Lipinski definition) is 0. The number of rotatable bonds is 5. The number of likely N-dealkylation sites (tertiary alicyclic amines) is 1. The first kappa shape index (κ1) is 17.7. The van der Waals surface area contributed by atoms with Crippen LogP contribution in [0.25, 0.3) is 10.8 Å². The first-order valence-corrected chi connectivity index (χ1v) is 9.47. The summed E-state index contributed by atoms with van der Waals surface area (Å²) in [7, 11) is 3.80. The molecule has 140 valence electrons. The highest BCUT2D eigenvalue weighted by molar-refractivity contribution is 5.83. The Bertz CT molecular complexity index is 1010. The van der Waals surface area contributed by atoms with E-state index in [4.69, 9.17) is 9.84 Å². The van der Waals surface area contributed by atoms with Gasteiger partial charge in [0.25, 0.3) is 5.56 Å². The molecular formula is C22H25N3O2. The standard InChI is InChI=1S/C22H25N3O2/c1-24-12-6-8-17(24)15-25-22(26)20-11-4-3-10-19(20)21(23-25)14-16-7-5-9-18(13-16)27-2/h3-5,7,9-11,13,17H,6,8,12,14-15H2,1-2H3/t17-/m1/s1. The highest BCUT2D eigenvalue weighted by atomic mass is 16.5. The lowest BCUT2D eigenvalue weighted by Gasteiger charge is -2.20. The molecule has 5 nitrogen and oxygen atoms in total. The van der Waals surface area contributed by atoms with Crippen molar-refractivity contribution >= 4 is 10.8 Å². The van der Waals surface area contributed by atoms with Crippen molar-refractivity contribution in [1.82, 2.24) is 14.7 Å². The maximum absolute atomic E-state index is 13.0. The summed E-state index contributed by atoms with van der Waals surface area (Å²) in [6.07, 6.45) is 2.96. The van der Waals surface area contributed by atoms with Crippen LogP contribution in [-0.4, -0.2) is 41.4 Å². The summed E-state index contributed by atoms with van der Waals surface area (Å²) in [6, 6.07) is 16.2. The molecule has 0 spiro atoms. The van der Waals surface area contributed by atoms with E-state index in [1.54, 1.807) is 11.8 Å². The Balaban J connectivity index is 1.76. The van der Waals surface area contributed by atoms with Gasteiger partial charge in [0.15, 0.2) is 0 Å². The van der Waals surface area contributed by atoms with Gasteiger partial charge in [0, 0.05) is 17.8 Å². The highest BCUT2D eigenvalue weighted by Gasteiger charge is 2.23. The number of methoxy groups -OCH3 is 1. The monoisotopic (exact) mass is 363 g/mol. The van der Waals surface area contributed by atoms with Crippen molar-refractivity contribution in [2.24, 2.45) is 0 Å². The maximum Gasteiger partial charge on any atom is 0.274 e. The Kier molecular flexibility index (Phi) is 4.94. The van der Waals surface area contributed by atoms with E-state index in [0.717, 1.165) is 40.7 Å². The number of likely N-dealkylation sites (N-methyl/N-ethyl adjacent to an activating group) is 1. The minimum Gasteiger partial charge on any atom is -0.497 e. The largest absolute Gasteiger partial charge is 0.497 e. The predicted octanol–water partition coefficient (Wildman–Crippen LogP) is 3.09. The van der Waals surface area contributed by atoms with Crippen LogP contribution >= 0.6 is 0 Å². The summed E-state index contributed by atoms with van der Waals surface area (Å²) < 4.78 is 7.01. The number of aromatic nitrogens is 2. The predicted molar refractivity (Wildman–Crippen MR) is 107 cm³/mol. The molecule has 27 heavy (non-hydrogen) atoms. The second kappa shape index (κ2) is 7.53. The fraction of sp³-hybridized carbons (Fsp3) is 0.364. The molecule has 0 amide bonds. The quantitative estimate of drug-likeness (QED) is 0.699. The topological polar surface area (TPSA) is 47.4 Å². The van der Waals surface area contributed by atoms with Crippen molar-refractivity contribution in [2.45, 2.75) is 31.8 Å². The Morgan fingerprint density at radius 1 is 1.15 bits per heavy atom. The summed E-state index contributed by atoms with van der Waals surface area (Å²) in [4.78, 5) is 15.3. The van der Waals surface area contributed by atoms with Crippen LogP contribution in [0.3, 0.4) is 0 Å². The molecule has 1 saturated heterocycles. The molecule has 0 saturated carbocycles. The molecule has 0 radical (unpaired) electrons. The molecule has 0 unspecified atom stereocenters. The lowest BCUT2D eigenvalue weighted by molar-refractivity contribution is 0.270. The van der Waals surface area contributed by atoms with E-state index < -0.39 is 0 Å². The van der Waals surface area contributed by atoms with E-state index in [-0.39, 0.29) is 5.56 Å².